The van der Waals surface area contributed by atoms with Crippen molar-refractivity contribution >= 4 is 39.4 Å². The third-order valence-electron chi connectivity index (χ3n) is 4.88. The van der Waals surface area contributed by atoms with Crippen LogP contribution in [-0.4, -0.2) is 37.2 Å². The number of methoxy groups -OCH3 is 2. The molecule has 166 valence electrons. The van der Waals surface area contributed by atoms with Gasteiger partial charge in [-0.2, -0.15) is 0 Å². The number of carbonyl (C=O) groups excluding carboxylic acids is 1. The van der Waals surface area contributed by atoms with Gasteiger partial charge < -0.3 is 19.9 Å². The molecule has 0 spiro atoms. The molecular formula is C24H21BrClNO5. The van der Waals surface area contributed by atoms with Gasteiger partial charge in [-0.15, -0.1) is 0 Å². The topological polar surface area (TPSA) is 84.9 Å². The molecule has 0 fully saturated rings. The Hall–Kier alpha value is -3.03. The standard InChI is InChI=1S/C24H21BrClNO5/c1-31-21-17(25)13-18(26)22(32-2)20(21)23(28)27-19(24(29)30)12-14-8-10-16(11-9-14)15-6-4-3-5-7-15/h3-11,13,19H,12H2,1-2H3,(H,27,28)(H,29,30)/t19-/m0/s1. The van der Waals surface area contributed by atoms with Crippen molar-refractivity contribution in [3.63, 3.8) is 0 Å². The second kappa shape index (κ2) is 10.5. The molecule has 0 unspecified atom stereocenters. The molecule has 0 aliphatic rings. The number of nitrogens with one attached hydrogen (secondary N) is 1. The van der Waals surface area contributed by atoms with Gasteiger partial charge in [0.1, 0.15) is 17.4 Å². The average molecular weight is 519 g/mol. The molecule has 1 atom stereocenters. The smallest absolute Gasteiger partial charge is 0.326 e. The van der Waals surface area contributed by atoms with Crippen LogP contribution >= 0.6 is 27.5 Å². The van der Waals surface area contributed by atoms with Crippen LogP contribution < -0.4 is 14.8 Å². The number of carboxylic acid groups (broad SMARTS) is 1. The SMILES string of the molecule is COc1c(Cl)cc(Br)c(OC)c1C(=O)N[C@@H](Cc1ccc(-c2ccccc2)cc1)C(=O)O. The van der Waals surface area contributed by atoms with Crippen LogP contribution in [0, 0.1) is 0 Å². The Balaban J connectivity index is 1.84. The Morgan fingerprint density at radius 2 is 1.59 bits per heavy atom. The second-order valence-electron chi connectivity index (χ2n) is 6.91. The quantitative estimate of drug-likeness (QED) is 0.427. The van der Waals surface area contributed by atoms with Crippen LogP contribution in [0.25, 0.3) is 11.1 Å². The summed E-state index contributed by atoms with van der Waals surface area (Å²) < 4.78 is 11.0. The molecule has 6 nitrogen and oxygen atoms in total. The molecule has 0 saturated heterocycles. The van der Waals surface area contributed by atoms with E-state index < -0.39 is 17.9 Å². The summed E-state index contributed by atoms with van der Waals surface area (Å²) in [6.45, 7) is 0. The number of ether oxygens (including phenoxy) is 2. The van der Waals surface area contributed by atoms with Crippen LogP contribution in [0.3, 0.4) is 0 Å². The van der Waals surface area contributed by atoms with Gasteiger partial charge in [0.15, 0.2) is 5.75 Å². The molecule has 0 aromatic heterocycles. The second-order valence-corrected chi connectivity index (χ2v) is 8.17. The maximum atomic E-state index is 13.0. The fourth-order valence-electron chi connectivity index (χ4n) is 3.32. The lowest BCUT2D eigenvalue weighted by Crippen LogP contribution is -2.42. The molecule has 0 saturated carbocycles. The van der Waals surface area contributed by atoms with E-state index in [4.69, 9.17) is 21.1 Å². The molecular weight excluding hydrogens is 498 g/mol. The van der Waals surface area contributed by atoms with Crippen LogP contribution in [-0.2, 0) is 11.2 Å². The first kappa shape index (κ1) is 23.6. The lowest BCUT2D eigenvalue weighted by Gasteiger charge is -2.19. The van der Waals surface area contributed by atoms with Crippen LogP contribution in [0.4, 0.5) is 0 Å². The third-order valence-corrected chi connectivity index (χ3v) is 5.75. The predicted octanol–water partition coefficient (Wildman–Crippen LogP) is 5.21. The van der Waals surface area contributed by atoms with Crippen LogP contribution in [0.5, 0.6) is 11.5 Å². The molecule has 1 amide bonds. The highest BCUT2D eigenvalue weighted by Gasteiger charge is 2.28. The number of hydrogen-bond donors (Lipinski definition) is 2. The zero-order chi connectivity index (χ0) is 23.3. The monoisotopic (exact) mass is 517 g/mol. The van der Waals surface area contributed by atoms with Gasteiger partial charge in [-0.1, -0.05) is 66.2 Å². The number of benzene rings is 3. The number of aliphatic carboxylic acids is 1. The van der Waals surface area contributed by atoms with Crippen molar-refractivity contribution < 1.29 is 24.2 Å². The fourth-order valence-corrected chi connectivity index (χ4v) is 4.32. The van der Waals surface area contributed by atoms with Gasteiger partial charge >= 0.3 is 5.97 Å². The Labute approximate surface area is 199 Å². The van der Waals surface area contributed by atoms with Crippen LogP contribution in [0.15, 0.2) is 65.1 Å². The number of rotatable bonds is 8. The van der Waals surface area contributed by atoms with Crippen molar-refractivity contribution in [3.05, 3.63) is 81.3 Å². The fraction of sp³-hybridized carbons (Fsp3) is 0.167. The molecule has 8 heteroatoms. The van der Waals surface area contributed by atoms with E-state index in [2.05, 4.69) is 21.2 Å². The average Bonchev–Trinajstić information content (AvgIpc) is 2.79. The maximum Gasteiger partial charge on any atom is 0.326 e. The van der Waals surface area contributed by atoms with Crippen LogP contribution in [0.2, 0.25) is 5.02 Å². The molecule has 3 rings (SSSR count). The van der Waals surface area contributed by atoms with Crippen molar-refractivity contribution in [1.82, 2.24) is 5.32 Å². The molecule has 32 heavy (non-hydrogen) atoms. The normalized spacial score (nSPS) is 11.5. The third kappa shape index (κ3) is 5.23. The summed E-state index contributed by atoms with van der Waals surface area (Å²) in [6, 6.07) is 17.8. The Morgan fingerprint density at radius 1 is 1.00 bits per heavy atom. The van der Waals surface area contributed by atoms with E-state index in [1.165, 1.54) is 14.2 Å². The Morgan fingerprint density at radius 3 is 2.16 bits per heavy atom. The van der Waals surface area contributed by atoms with Crippen molar-refractivity contribution in [2.75, 3.05) is 14.2 Å². The van der Waals surface area contributed by atoms with Crippen LogP contribution in [0.1, 0.15) is 15.9 Å². The summed E-state index contributed by atoms with van der Waals surface area (Å²) in [6.07, 6.45) is 0.0997. The van der Waals surface area contributed by atoms with E-state index >= 15 is 0 Å². The molecule has 3 aromatic rings. The van der Waals surface area contributed by atoms with Gasteiger partial charge in [0, 0.05) is 6.42 Å². The highest BCUT2D eigenvalue weighted by molar-refractivity contribution is 9.10. The highest BCUT2D eigenvalue weighted by Crippen LogP contribution is 2.41. The largest absolute Gasteiger partial charge is 0.495 e. The van der Waals surface area contributed by atoms with Gasteiger partial charge in [-0.25, -0.2) is 4.79 Å². The molecule has 0 heterocycles. The summed E-state index contributed by atoms with van der Waals surface area (Å²) in [5, 5.41) is 12.5. The van der Waals surface area contributed by atoms with Gasteiger partial charge in [-0.05, 0) is 38.7 Å². The number of carbonyl (C=O) groups is 2. The van der Waals surface area contributed by atoms with E-state index in [0.717, 1.165) is 16.7 Å². The van der Waals surface area contributed by atoms with E-state index in [9.17, 15) is 14.7 Å². The lowest BCUT2D eigenvalue weighted by atomic mass is 10.0. The minimum Gasteiger partial charge on any atom is -0.495 e. The summed E-state index contributed by atoms with van der Waals surface area (Å²) in [7, 11) is 2.77. The molecule has 0 aliphatic heterocycles. The van der Waals surface area contributed by atoms with E-state index in [1.807, 2.05) is 54.6 Å². The van der Waals surface area contributed by atoms with Crippen molar-refractivity contribution in [3.8, 4) is 22.6 Å². The predicted molar refractivity (Wildman–Crippen MR) is 127 cm³/mol. The van der Waals surface area contributed by atoms with Gasteiger partial charge in [0.05, 0.1) is 23.7 Å². The number of hydrogen-bond acceptors (Lipinski definition) is 4. The molecule has 0 aliphatic carbocycles. The summed E-state index contributed by atoms with van der Waals surface area (Å²) in [5.74, 6) is -1.54. The van der Waals surface area contributed by atoms with E-state index in [-0.39, 0.29) is 28.5 Å². The van der Waals surface area contributed by atoms with Gasteiger partial charge in [0.2, 0.25) is 0 Å². The molecule has 0 radical (unpaired) electrons. The molecule has 2 N–H and O–H groups in total. The van der Waals surface area contributed by atoms with Gasteiger partial charge in [-0.3, -0.25) is 4.79 Å². The summed E-state index contributed by atoms with van der Waals surface area (Å²) in [4.78, 5) is 24.9. The first-order valence-electron chi connectivity index (χ1n) is 9.63. The minimum atomic E-state index is -1.17. The maximum absolute atomic E-state index is 13.0. The van der Waals surface area contributed by atoms with Crippen molar-refractivity contribution in [1.29, 1.82) is 0 Å². The van der Waals surface area contributed by atoms with Crippen molar-refractivity contribution in [2.24, 2.45) is 0 Å². The zero-order valence-electron chi connectivity index (χ0n) is 17.4. The summed E-state index contributed by atoms with van der Waals surface area (Å²) >= 11 is 9.50. The Kier molecular flexibility index (Phi) is 7.77. The lowest BCUT2D eigenvalue weighted by molar-refractivity contribution is -0.139. The number of carboxylic acids is 1. The van der Waals surface area contributed by atoms with E-state index in [1.54, 1.807) is 6.07 Å². The first-order valence-corrected chi connectivity index (χ1v) is 10.8. The summed E-state index contributed by atoms with van der Waals surface area (Å²) in [5.41, 5.74) is 2.86. The first-order chi connectivity index (χ1) is 15.3. The Bertz CT molecular complexity index is 1090. The number of halogens is 2. The zero-order valence-corrected chi connectivity index (χ0v) is 19.7. The van der Waals surface area contributed by atoms with Gasteiger partial charge in [0.25, 0.3) is 5.91 Å². The minimum absolute atomic E-state index is 0.0139. The number of amides is 1. The highest BCUT2D eigenvalue weighted by atomic mass is 79.9. The molecule has 3 aromatic carbocycles. The molecule has 0 bridgehead atoms. The van der Waals surface area contributed by atoms with E-state index in [0.29, 0.717) is 4.47 Å². The van der Waals surface area contributed by atoms with Crippen molar-refractivity contribution in [2.45, 2.75) is 12.5 Å².